The SMILES string of the molecule is CCC.CNC(=O)c1csc(-c2c(C3=CC=C(F)C=CC3)n[nH]c2C2CCNCC2)n1. The Balaban J connectivity index is 0.000000858. The Morgan fingerprint density at radius 2 is 2.03 bits per heavy atom. The van der Waals surface area contributed by atoms with Gasteiger partial charge in [0.1, 0.15) is 16.5 Å². The third kappa shape index (κ3) is 5.57. The summed E-state index contributed by atoms with van der Waals surface area (Å²) in [5, 5.41) is 16.3. The summed E-state index contributed by atoms with van der Waals surface area (Å²) in [5.41, 5.74) is 4.08. The Morgan fingerprint density at radius 1 is 1.29 bits per heavy atom. The lowest BCUT2D eigenvalue weighted by Gasteiger charge is -2.22. The van der Waals surface area contributed by atoms with Crippen LogP contribution in [0.5, 0.6) is 0 Å². The summed E-state index contributed by atoms with van der Waals surface area (Å²) in [6.07, 6.45) is 10.3. The molecule has 3 heterocycles. The second-order valence-electron chi connectivity index (χ2n) is 7.56. The van der Waals surface area contributed by atoms with Crippen molar-refractivity contribution < 1.29 is 9.18 Å². The van der Waals surface area contributed by atoms with E-state index < -0.39 is 0 Å². The minimum atomic E-state index is -0.276. The molecule has 3 N–H and O–H groups in total. The fourth-order valence-corrected chi connectivity index (χ4v) is 4.47. The van der Waals surface area contributed by atoms with E-state index in [1.54, 1.807) is 24.6 Å². The number of aromatic amines is 1. The van der Waals surface area contributed by atoms with Crippen molar-refractivity contribution in [3.05, 3.63) is 52.6 Å². The predicted molar refractivity (Wildman–Crippen MR) is 125 cm³/mol. The van der Waals surface area contributed by atoms with Crippen molar-refractivity contribution in [1.29, 1.82) is 0 Å². The van der Waals surface area contributed by atoms with Crippen LogP contribution in [0, 0.1) is 0 Å². The van der Waals surface area contributed by atoms with Gasteiger partial charge in [-0.2, -0.15) is 5.10 Å². The van der Waals surface area contributed by atoms with Gasteiger partial charge < -0.3 is 10.6 Å². The van der Waals surface area contributed by atoms with Gasteiger partial charge >= 0.3 is 0 Å². The Labute approximate surface area is 186 Å². The maximum atomic E-state index is 13.6. The van der Waals surface area contributed by atoms with Crippen molar-refractivity contribution >= 4 is 22.8 Å². The molecule has 8 heteroatoms. The first-order valence-electron chi connectivity index (χ1n) is 10.8. The molecule has 2 aromatic heterocycles. The van der Waals surface area contributed by atoms with Gasteiger partial charge in [0, 0.05) is 24.0 Å². The first kappa shape index (κ1) is 23.1. The highest BCUT2D eigenvalue weighted by atomic mass is 32.1. The molecule has 1 aliphatic carbocycles. The predicted octanol–water partition coefficient (Wildman–Crippen LogP) is 4.97. The van der Waals surface area contributed by atoms with Gasteiger partial charge in [0.15, 0.2) is 0 Å². The molecule has 1 amide bonds. The molecule has 0 spiro atoms. The van der Waals surface area contributed by atoms with Gasteiger partial charge in [0.2, 0.25) is 0 Å². The highest BCUT2D eigenvalue weighted by Gasteiger charge is 2.27. The third-order valence-corrected chi connectivity index (χ3v) is 5.94. The number of nitrogens with zero attached hydrogens (tertiary/aromatic N) is 2. The maximum absolute atomic E-state index is 13.6. The average Bonchev–Trinajstić information content (AvgIpc) is 3.39. The quantitative estimate of drug-likeness (QED) is 0.623. The number of piperidine rings is 1. The molecule has 0 bridgehead atoms. The van der Waals surface area contributed by atoms with Gasteiger partial charge in [-0.25, -0.2) is 9.37 Å². The zero-order valence-electron chi connectivity index (χ0n) is 18.3. The summed E-state index contributed by atoms with van der Waals surface area (Å²) in [6, 6.07) is 0. The van der Waals surface area contributed by atoms with E-state index in [0.717, 1.165) is 53.5 Å². The van der Waals surface area contributed by atoms with Crippen molar-refractivity contribution in [3.8, 4) is 10.6 Å². The van der Waals surface area contributed by atoms with E-state index in [-0.39, 0.29) is 11.7 Å². The van der Waals surface area contributed by atoms with Crippen molar-refractivity contribution in [1.82, 2.24) is 25.8 Å². The average molecular weight is 444 g/mol. The summed E-state index contributed by atoms with van der Waals surface area (Å²) in [4.78, 5) is 16.6. The van der Waals surface area contributed by atoms with E-state index in [2.05, 4.69) is 39.7 Å². The second-order valence-corrected chi connectivity index (χ2v) is 8.42. The van der Waals surface area contributed by atoms with Crippen LogP contribution >= 0.6 is 11.3 Å². The van der Waals surface area contributed by atoms with Crippen LogP contribution in [-0.4, -0.2) is 41.2 Å². The number of hydrogen-bond donors (Lipinski definition) is 3. The van der Waals surface area contributed by atoms with Gasteiger partial charge in [-0.15, -0.1) is 11.3 Å². The van der Waals surface area contributed by atoms with Crippen LogP contribution in [0.2, 0.25) is 0 Å². The number of carbonyl (C=O) groups is 1. The Hall–Kier alpha value is -2.58. The molecule has 1 saturated heterocycles. The van der Waals surface area contributed by atoms with Gasteiger partial charge in [-0.1, -0.05) is 32.4 Å². The van der Waals surface area contributed by atoms with Crippen LogP contribution in [-0.2, 0) is 0 Å². The minimum absolute atomic E-state index is 0.211. The molecule has 4 rings (SSSR count). The monoisotopic (exact) mass is 443 g/mol. The molecule has 0 aromatic carbocycles. The van der Waals surface area contributed by atoms with E-state index >= 15 is 0 Å². The number of nitrogens with one attached hydrogen (secondary N) is 3. The Bertz CT molecular complexity index is 982. The van der Waals surface area contributed by atoms with Gasteiger partial charge in [0.05, 0.1) is 11.3 Å². The van der Waals surface area contributed by atoms with Crippen LogP contribution < -0.4 is 10.6 Å². The number of carbonyl (C=O) groups excluding carboxylic acids is 1. The number of hydrogen-bond acceptors (Lipinski definition) is 5. The molecule has 166 valence electrons. The summed E-state index contributed by atoms with van der Waals surface area (Å²) >= 11 is 1.43. The molecule has 0 saturated carbocycles. The number of H-pyrrole nitrogens is 1. The van der Waals surface area contributed by atoms with Crippen LogP contribution in [0.4, 0.5) is 4.39 Å². The Morgan fingerprint density at radius 3 is 2.74 bits per heavy atom. The van der Waals surface area contributed by atoms with Gasteiger partial charge in [-0.05, 0) is 50.1 Å². The number of allylic oxidation sites excluding steroid dienone is 6. The lowest BCUT2D eigenvalue weighted by atomic mass is 9.90. The van der Waals surface area contributed by atoms with E-state index in [1.807, 2.05) is 0 Å². The molecule has 2 aromatic rings. The van der Waals surface area contributed by atoms with Crippen molar-refractivity contribution in [2.45, 2.75) is 45.4 Å². The normalized spacial score (nSPS) is 16.6. The number of amides is 1. The lowest BCUT2D eigenvalue weighted by Crippen LogP contribution is -2.27. The third-order valence-electron chi connectivity index (χ3n) is 5.08. The van der Waals surface area contributed by atoms with Crippen molar-refractivity contribution in [3.63, 3.8) is 0 Å². The molecule has 2 aliphatic rings. The molecule has 0 atom stereocenters. The molecule has 31 heavy (non-hydrogen) atoms. The first-order chi connectivity index (χ1) is 15.1. The maximum Gasteiger partial charge on any atom is 0.270 e. The number of halogens is 1. The summed E-state index contributed by atoms with van der Waals surface area (Å²) in [7, 11) is 1.59. The van der Waals surface area contributed by atoms with Gasteiger partial charge in [-0.3, -0.25) is 9.89 Å². The summed E-state index contributed by atoms with van der Waals surface area (Å²) in [6.45, 7) is 6.17. The zero-order chi connectivity index (χ0) is 22.2. The number of rotatable bonds is 4. The van der Waals surface area contributed by atoms with E-state index in [0.29, 0.717) is 18.0 Å². The lowest BCUT2D eigenvalue weighted by molar-refractivity contribution is 0.0959. The number of aromatic nitrogens is 3. The molecule has 0 radical (unpaired) electrons. The van der Waals surface area contributed by atoms with Crippen LogP contribution in [0.25, 0.3) is 16.1 Å². The second kappa shape index (κ2) is 11.2. The number of thiazole rings is 1. The van der Waals surface area contributed by atoms with Crippen LogP contribution in [0.3, 0.4) is 0 Å². The molecular weight excluding hydrogens is 413 g/mol. The smallest absolute Gasteiger partial charge is 0.270 e. The van der Waals surface area contributed by atoms with Crippen molar-refractivity contribution in [2.24, 2.45) is 0 Å². The van der Waals surface area contributed by atoms with Gasteiger partial charge in [0.25, 0.3) is 5.91 Å². The van der Waals surface area contributed by atoms with E-state index in [9.17, 15) is 9.18 Å². The first-order valence-corrected chi connectivity index (χ1v) is 11.7. The van der Waals surface area contributed by atoms with Crippen molar-refractivity contribution in [2.75, 3.05) is 20.1 Å². The highest BCUT2D eigenvalue weighted by molar-refractivity contribution is 7.13. The fraction of sp³-hybridized carbons (Fsp3) is 0.435. The molecular formula is C23H30FN5OS. The molecule has 1 fully saturated rings. The molecule has 1 aliphatic heterocycles. The largest absolute Gasteiger partial charge is 0.354 e. The molecule has 0 unspecified atom stereocenters. The van der Waals surface area contributed by atoms with E-state index in [1.165, 1.54) is 29.9 Å². The minimum Gasteiger partial charge on any atom is -0.354 e. The van der Waals surface area contributed by atoms with Crippen LogP contribution in [0.15, 0.2) is 35.5 Å². The summed E-state index contributed by atoms with van der Waals surface area (Å²) < 4.78 is 13.6. The van der Waals surface area contributed by atoms with Crippen LogP contribution in [0.1, 0.15) is 67.3 Å². The van der Waals surface area contributed by atoms with E-state index in [4.69, 9.17) is 0 Å². The molecule has 6 nitrogen and oxygen atoms in total. The highest BCUT2D eigenvalue weighted by Crippen LogP contribution is 2.39. The summed E-state index contributed by atoms with van der Waals surface area (Å²) in [5.74, 6) is -0.140. The standard InChI is InChI=1S/C20H22FN5OS.C3H8/c1-22-19(27)15-11-28-20(24-15)16-17(12-3-2-4-14(21)6-5-12)25-26-18(16)13-7-9-23-10-8-13;1-3-2/h2,4-6,11,13,23H,3,7-10H2,1H3,(H,22,27)(H,25,26);3H2,1-2H3. The Kier molecular flexibility index (Phi) is 8.31. The topological polar surface area (TPSA) is 82.7 Å². The fourth-order valence-electron chi connectivity index (χ4n) is 3.61. The zero-order valence-corrected chi connectivity index (χ0v) is 19.1.